The van der Waals surface area contributed by atoms with Gasteiger partial charge in [-0.1, -0.05) is 29.8 Å². The van der Waals surface area contributed by atoms with E-state index in [4.69, 9.17) is 11.6 Å². The van der Waals surface area contributed by atoms with Crippen molar-refractivity contribution >= 4 is 22.5 Å². The molecule has 1 heterocycles. The molecule has 0 aliphatic carbocycles. The Kier molecular flexibility index (Phi) is 2.37. The molecule has 1 aromatic heterocycles. The average Bonchev–Trinajstić information content (AvgIpc) is 2.72. The summed E-state index contributed by atoms with van der Waals surface area (Å²) in [6, 6.07) is 14.2. The predicted molar refractivity (Wildman–Crippen MR) is 68.7 cm³/mol. The van der Waals surface area contributed by atoms with E-state index in [1.807, 2.05) is 30.3 Å². The van der Waals surface area contributed by atoms with Gasteiger partial charge in [-0.2, -0.15) is 0 Å². The molecule has 0 amide bonds. The van der Waals surface area contributed by atoms with Crippen LogP contribution in [0.2, 0.25) is 5.02 Å². The molecule has 1 N–H and O–H groups in total. The predicted octanol–water partition coefficient (Wildman–Crippen LogP) is 4.63. The molecule has 0 atom stereocenters. The van der Waals surface area contributed by atoms with E-state index in [0.717, 1.165) is 22.2 Å². The Morgan fingerprint density at radius 3 is 2.65 bits per heavy atom. The maximum absolute atomic E-state index is 13.1. The van der Waals surface area contributed by atoms with Crippen molar-refractivity contribution in [3.05, 3.63) is 59.4 Å². The minimum Gasteiger partial charge on any atom is -0.354 e. The minimum absolute atomic E-state index is 0.245. The van der Waals surface area contributed by atoms with Crippen LogP contribution in [0.25, 0.3) is 22.2 Å². The van der Waals surface area contributed by atoms with Crippen molar-refractivity contribution in [2.24, 2.45) is 0 Å². The highest BCUT2D eigenvalue weighted by molar-refractivity contribution is 6.33. The van der Waals surface area contributed by atoms with Gasteiger partial charge < -0.3 is 4.98 Å². The van der Waals surface area contributed by atoms with Crippen molar-refractivity contribution in [2.45, 2.75) is 0 Å². The summed E-state index contributed by atoms with van der Waals surface area (Å²) in [5.74, 6) is -0.245. The van der Waals surface area contributed by atoms with E-state index in [-0.39, 0.29) is 5.82 Å². The summed E-state index contributed by atoms with van der Waals surface area (Å²) in [4.78, 5) is 3.17. The molecule has 0 saturated heterocycles. The maximum Gasteiger partial charge on any atom is 0.125 e. The minimum atomic E-state index is -0.245. The van der Waals surface area contributed by atoms with Crippen LogP contribution in [-0.4, -0.2) is 4.98 Å². The molecule has 0 saturated carbocycles. The molecule has 0 bridgehead atoms. The van der Waals surface area contributed by atoms with Crippen LogP contribution in [0.3, 0.4) is 0 Å². The Morgan fingerprint density at radius 2 is 1.82 bits per heavy atom. The largest absolute Gasteiger partial charge is 0.354 e. The molecule has 2 aromatic carbocycles. The van der Waals surface area contributed by atoms with Crippen LogP contribution in [0.5, 0.6) is 0 Å². The smallest absolute Gasteiger partial charge is 0.125 e. The molecule has 3 rings (SSSR count). The van der Waals surface area contributed by atoms with Gasteiger partial charge in [-0.05, 0) is 30.3 Å². The lowest BCUT2D eigenvalue weighted by atomic mass is 10.1. The topological polar surface area (TPSA) is 15.8 Å². The van der Waals surface area contributed by atoms with E-state index in [9.17, 15) is 4.39 Å². The number of H-pyrrole nitrogens is 1. The second-order valence-corrected chi connectivity index (χ2v) is 4.30. The Bertz CT molecular complexity index is 688. The Balaban J connectivity index is 2.22. The first-order valence-corrected chi connectivity index (χ1v) is 5.65. The van der Waals surface area contributed by atoms with Crippen molar-refractivity contribution in [3.63, 3.8) is 0 Å². The highest BCUT2D eigenvalue weighted by atomic mass is 35.5. The second kappa shape index (κ2) is 3.90. The van der Waals surface area contributed by atoms with Gasteiger partial charge in [-0.3, -0.25) is 0 Å². The van der Waals surface area contributed by atoms with Crippen LogP contribution in [0.4, 0.5) is 4.39 Å². The lowest BCUT2D eigenvalue weighted by Crippen LogP contribution is -1.78. The van der Waals surface area contributed by atoms with Crippen LogP contribution in [0.1, 0.15) is 0 Å². The molecule has 84 valence electrons. The van der Waals surface area contributed by atoms with Crippen molar-refractivity contribution in [1.29, 1.82) is 0 Å². The summed E-state index contributed by atoms with van der Waals surface area (Å²) in [5.41, 5.74) is 2.60. The zero-order chi connectivity index (χ0) is 11.8. The first-order valence-electron chi connectivity index (χ1n) is 5.27. The highest BCUT2D eigenvalue weighted by Gasteiger charge is 2.06. The number of hydrogen-bond donors (Lipinski definition) is 1. The average molecular weight is 246 g/mol. The van der Waals surface area contributed by atoms with Crippen LogP contribution in [0, 0.1) is 5.82 Å². The fourth-order valence-electron chi connectivity index (χ4n) is 1.92. The fraction of sp³-hybridized carbons (Fsp3) is 0. The number of aromatic amines is 1. The third-order valence-electron chi connectivity index (χ3n) is 2.75. The monoisotopic (exact) mass is 245 g/mol. The summed E-state index contributed by atoms with van der Waals surface area (Å²) >= 11 is 6.12. The summed E-state index contributed by atoms with van der Waals surface area (Å²) in [6.07, 6.45) is 0. The van der Waals surface area contributed by atoms with Crippen LogP contribution < -0.4 is 0 Å². The molecule has 0 spiro atoms. The molecule has 0 fully saturated rings. The molecule has 1 nitrogen and oxygen atoms in total. The van der Waals surface area contributed by atoms with Crippen molar-refractivity contribution in [3.8, 4) is 11.3 Å². The number of halogens is 2. The Labute approximate surface area is 103 Å². The quantitative estimate of drug-likeness (QED) is 0.644. The molecule has 0 radical (unpaired) electrons. The highest BCUT2D eigenvalue weighted by Crippen LogP contribution is 2.29. The zero-order valence-corrected chi connectivity index (χ0v) is 9.63. The summed E-state index contributed by atoms with van der Waals surface area (Å²) in [5, 5.41) is 1.65. The maximum atomic E-state index is 13.1. The Hall–Kier alpha value is -1.80. The zero-order valence-electron chi connectivity index (χ0n) is 8.87. The summed E-state index contributed by atoms with van der Waals surface area (Å²) < 4.78 is 13.1. The van der Waals surface area contributed by atoms with Gasteiger partial charge in [-0.25, -0.2) is 4.39 Å². The van der Waals surface area contributed by atoms with E-state index < -0.39 is 0 Å². The standard InChI is InChI=1S/C14H9ClFN/c15-12-4-2-1-3-11(12)14-7-9-5-6-10(16)8-13(9)17-14/h1-8,17H. The second-order valence-electron chi connectivity index (χ2n) is 3.89. The molecule has 3 heteroatoms. The fourth-order valence-corrected chi connectivity index (χ4v) is 2.16. The third kappa shape index (κ3) is 1.81. The first-order chi connectivity index (χ1) is 8.24. The number of fused-ring (bicyclic) bond motifs is 1. The van der Waals surface area contributed by atoms with Gasteiger partial charge in [0.25, 0.3) is 0 Å². The van der Waals surface area contributed by atoms with Crippen molar-refractivity contribution in [2.75, 3.05) is 0 Å². The third-order valence-corrected chi connectivity index (χ3v) is 3.08. The van der Waals surface area contributed by atoms with E-state index in [1.165, 1.54) is 12.1 Å². The van der Waals surface area contributed by atoms with Gasteiger partial charge in [0.15, 0.2) is 0 Å². The molecule has 17 heavy (non-hydrogen) atoms. The van der Waals surface area contributed by atoms with Gasteiger partial charge >= 0.3 is 0 Å². The van der Waals surface area contributed by atoms with E-state index >= 15 is 0 Å². The van der Waals surface area contributed by atoms with E-state index in [1.54, 1.807) is 6.07 Å². The lowest BCUT2D eigenvalue weighted by Gasteiger charge is -1.99. The molecule has 3 aromatic rings. The van der Waals surface area contributed by atoms with E-state index in [2.05, 4.69) is 4.98 Å². The van der Waals surface area contributed by atoms with Crippen molar-refractivity contribution < 1.29 is 4.39 Å². The number of hydrogen-bond acceptors (Lipinski definition) is 0. The van der Waals surface area contributed by atoms with Gasteiger partial charge in [0.05, 0.1) is 0 Å². The van der Waals surface area contributed by atoms with Gasteiger partial charge in [0, 0.05) is 27.2 Å². The van der Waals surface area contributed by atoms with Crippen molar-refractivity contribution in [1.82, 2.24) is 4.98 Å². The number of benzene rings is 2. The number of aromatic nitrogens is 1. The van der Waals surface area contributed by atoms with Crippen LogP contribution in [-0.2, 0) is 0 Å². The summed E-state index contributed by atoms with van der Waals surface area (Å²) in [7, 11) is 0. The molecule has 0 aliphatic rings. The SMILES string of the molecule is Fc1ccc2cc(-c3ccccc3Cl)[nH]c2c1. The van der Waals surface area contributed by atoms with Crippen LogP contribution >= 0.6 is 11.6 Å². The van der Waals surface area contributed by atoms with Gasteiger partial charge in [-0.15, -0.1) is 0 Å². The number of nitrogens with one attached hydrogen (secondary N) is 1. The van der Waals surface area contributed by atoms with Gasteiger partial charge in [0.1, 0.15) is 5.82 Å². The molecule has 0 unspecified atom stereocenters. The van der Waals surface area contributed by atoms with Crippen LogP contribution in [0.15, 0.2) is 48.5 Å². The lowest BCUT2D eigenvalue weighted by molar-refractivity contribution is 0.629. The first kappa shape index (κ1) is 10.4. The normalized spacial score (nSPS) is 10.9. The van der Waals surface area contributed by atoms with E-state index in [0.29, 0.717) is 5.02 Å². The number of rotatable bonds is 1. The summed E-state index contributed by atoms with van der Waals surface area (Å²) in [6.45, 7) is 0. The molecule has 0 aliphatic heterocycles. The molecular weight excluding hydrogens is 237 g/mol. The molecular formula is C14H9ClFN. The Morgan fingerprint density at radius 1 is 1.00 bits per heavy atom. The van der Waals surface area contributed by atoms with Gasteiger partial charge in [0.2, 0.25) is 0 Å².